The topological polar surface area (TPSA) is 75.6 Å². The lowest BCUT2D eigenvalue weighted by Gasteiger charge is -2.26. The number of ether oxygens (including phenoxy) is 1. The van der Waals surface area contributed by atoms with E-state index in [0.717, 1.165) is 24.2 Å². The molecule has 0 aliphatic rings. The van der Waals surface area contributed by atoms with Crippen molar-refractivity contribution >= 4 is 17.4 Å². The average molecular weight is 564 g/mol. The predicted molar refractivity (Wildman–Crippen MR) is 141 cm³/mol. The highest BCUT2D eigenvalue weighted by Gasteiger charge is 2.31. The van der Waals surface area contributed by atoms with Crippen LogP contribution in [0.4, 0.5) is 27.6 Å². The monoisotopic (exact) mass is 563 g/mol. The summed E-state index contributed by atoms with van der Waals surface area (Å²) in [4.78, 5) is 22.9. The largest absolute Gasteiger partial charge is 0.491 e. The van der Waals surface area contributed by atoms with E-state index in [0.29, 0.717) is 17.7 Å². The molecule has 3 aromatic rings. The summed E-state index contributed by atoms with van der Waals surface area (Å²) in [5.41, 5.74) is -0.426. The first-order valence-corrected chi connectivity index (χ1v) is 12.8. The molecule has 0 amide bonds. The van der Waals surface area contributed by atoms with E-state index >= 15 is 0 Å². The third-order valence-electron chi connectivity index (χ3n) is 6.64. The Balaban J connectivity index is 1.66. The smallest absolute Gasteiger partial charge is 0.416 e. The van der Waals surface area contributed by atoms with Gasteiger partial charge in [0.1, 0.15) is 24.0 Å². The number of carboxylic acids is 1. The molecule has 0 aliphatic carbocycles. The van der Waals surface area contributed by atoms with Gasteiger partial charge in [-0.3, -0.25) is 9.59 Å². The fourth-order valence-electron chi connectivity index (χ4n) is 4.04. The molecular formula is C30H30F5NO4. The Labute approximate surface area is 229 Å². The van der Waals surface area contributed by atoms with Gasteiger partial charge in [-0.05, 0) is 60.9 Å². The first-order chi connectivity index (χ1) is 18.9. The second-order valence-corrected chi connectivity index (χ2v) is 9.53. The SMILES string of the molecule is CC[C@H](C)[C@@H](COc1ccc(-c2ccc(C(F)(F)F)cc2F)c(F)c1)Nc1ccc(C(=O)CCCC(=O)O)cc1. The Hall–Kier alpha value is -3.95. The summed E-state index contributed by atoms with van der Waals surface area (Å²) in [6, 6.07) is 12.3. The van der Waals surface area contributed by atoms with E-state index in [2.05, 4.69) is 5.32 Å². The zero-order chi connectivity index (χ0) is 29.4. The van der Waals surface area contributed by atoms with Gasteiger partial charge in [-0.15, -0.1) is 0 Å². The van der Waals surface area contributed by atoms with Crippen molar-refractivity contribution in [2.45, 2.75) is 51.7 Å². The number of halogens is 5. The summed E-state index contributed by atoms with van der Waals surface area (Å²) in [5.74, 6) is -2.80. The maximum atomic E-state index is 14.8. The Morgan fingerprint density at radius 3 is 2.10 bits per heavy atom. The number of rotatable bonds is 13. The van der Waals surface area contributed by atoms with Crippen LogP contribution in [0.5, 0.6) is 5.75 Å². The van der Waals surface area contributed by atoms with Crippen molar-refractivity contribution in [3.8, 4) is 16.9 Å². The summed E-state index contributed by atoms with van der Waals surface area (Å²) in [5, 5.41) is 12.1. The standard InChI is InChI=1S/C30H30F5NO4/c1-3-18(2)27(36-21-10-7-19(8-11-21)28(37)5-4-6-29(38)39)17-40-22-12-14-24(26(32)16-22)23-13-9-20(15-25(23)31)30(33,34)35/h7-16,18,27,36H,3-6,17H2,1-2H3,(H,38,39)/t18-,27+/m0/s1. The third kappa shape index (κ3) is 8.27. The van der Waals surface area contributed by atoms with Crippen LogP contribution < -0.4 is 10.1 Å². The van der Waals surface area contributed by atoms with Crippen molar-refractivity contribution in [1.82, 2.24) is 0 Å². The lowest BCUT2D eigenvalue weighted by Crippen LogP contribution is -2.33. The number of carbonyl (C=O) groups is 2. The van der Waals surface area contributed by atoms with E-state index in [1.165, 1.54) is 12.1 Å². The molecule has 0 bridgehead atoms. The summed E-state index contributed by atoms with van der Waals surface area (Å²) in [6.07, 6.45) is -3.56. The van der Waals surface area contributed by atoms with Crippen molar-refractivity contribution in [3.05, 3.63) is 83.4 Å². The number of anilines is 1. The van der Waals surface area contributed by atoms with Gasteiger partial charge in [0, 0.05) is 41.3 Å². The highest BCUT2D eigenvalue weighted by molar-refractivity contribution is 5.96. The Kier molecular flexibility index (Phi) is 10.3. The molecule has 10 heteroatoms. The number of hydrogen-bond donors (Lipinski definition) is 2. The lowest BCUT2D eigenvalue weighted by atomic mass is 9.99. The molecule has 0 unspecified atom stereocenters. The second kappa shape index (κ2) is 13.4. The molecule has 2 N–H and O–H groups in total. The normalized spacial score (nSPS) is 13.0. The quantitative estimate of drug-likeness (QED) is 0.163. The molecule has 0 radical (unpaired) electrons. The van der Waals surface area contributed by atoms with Gasteiger partial charge in [-0.2, -0.15) is 13.2 Å². The molecule has 0 aliphatic heterocycles. The summed E-state index contributed by atoms with van der Waals surface area (Å²) in [6.45, 7) is 4.17. The molecule has 0 aromatic heterocycles. The second-order valence-electron chi connectivity index (χ2n) is 9.53. The predicted octanol–water partition coefficient (Wildman–Crippen LogP) is 7.99. The van der Waals surface area contributed by atoms with Crippen LogP contribution in [0.3, 0.4) is 0 Å². The van der Waals surface area contributed by atoms with Crippen molar-refractivity contribution < 1.29 is 41.4 Å². The Morgan fingerprint density at radius 1 is 0.925 bits per heavy atom. The summed E-state index contributed by atoms with van der Waals surface area (Å²) in [7, 11) is 0. The summed E-state index contributed by atoms with van der Waals surface area (Å²) < 4.78 is 73.4. The lowest BCUT2D eigenvalue weighted by molar-refractivity contribution is -0.138. The van der Waals surface area contributed by atoms with E-state index in [-0.39, 0.29) is 60.5 Å². The van der Waals surface area contributed by atoms with Crippen LogP contribution in [0, 0.1) is 17.6 Å². The van der Waals surface area contributed by atoms with E-state index in [4.69, 9.17) is 9.84 Å². The van der Waals surface area contributed by atoms with Gasteiger partial charge in [0.2, 0.25) is 0 Å². The number of nitrogens with one attached hydrogen (secondary N) is 1. The zero-order valence-electron chi connectivity index (χ0n) is 22.0. The van der Waals surface area contributed by atoms with Gasteiger partial charge in [0.15, 0.2) is 5.78 Å². The molecule has 0 spiro atoms. The van der Waals surface area contributed by atoms with Gasteiger partial charge in [0.05, 0.1) is 11.6 Å². The minimum atomic E-state index is -4.71. The first kappa shape index (κ1) is 30.6. The fraction of sp³-hybridized carbons (Fsp3) is 0.333. The number of ketones is 1. The van der Waals surface area contributed by atoms with Crippen LogP contribution in [0.25, 0.3) is 11.1 Å². The number of carboxylic acid groups (broad SMARTS) is 1. The number of alkyl halides is 3. The fourth-order valence-corrected chi connectivity index (χ4v) is 4.04. The van der Waals surface area contributed by atoms with Gasteiger partial charge >= 0.3 is 12.1 Å². The number of aliphatic carboxylic acids is 1. The average Bonchev–Trinajstić information content (AvgIpc) is 2.90. The minimum absolute atomic E-state index is 0.0689. The van der Waals surface area contributed by atoms with Crippen LogP contribution in [-0.2, 0) is 11.0 Å². The van der Waals surface area contributed by atoms with E-state index in [1.807, 2.05) is 13.8 Å². The molecule has 5 nitrogen and oxygen atoms in total. The van der Waals surface area contributed by atoms with E-state index in [1.54, 1.807) is 24.3 Å². The van der Waals surface area contributed by atoms with E-state index in [9.17, 15) is 31.5 Å². The van der Waals surface area contributed by atoms with Gasteiger partial charge < -0.3 is 15.2 Å². The van der Waals surface area contributed by atoms with Crippen molar-refractivity contribution in [3.63, 3.8) is 0 Å². The van der Waals surface area contributed by atoms with Crippen LogP contribution in [-0.4, -0.2) is 29.5 Å². The number of hydrogen-bond acceptors (Lipinski definition) is 4. The highest BCUT2D eigenvalue weighted by atomic mass is 19.4. The van der Waals surface area contributed by atoms with Crippen molar-refractivity contribution in [2.75, 3.05) is 11.9 Å². The van der Waals surface area contributed by atoms with E-state index < -0.39 is 29.3 Å². The van der Waals surface area contributed by atoms with Crippen LogP contribution in [0.2, 0.25) is 0 Å². The molecule has 0 saturated carbocycles. The maximum Gasteiger partial charge on any atom is 0.416 e. The molecule has 214 valence electrons. The van der Waals surface area contributed by atoms with Crippen LogP contribution in [0.1, 0.15) is 55.5 Å². The van der Waals surface area contributed by atoms with Gasteiger partial charge in [0.25, 0.3) is 0 Å². The minimum Gasteiger partial charge on any atom is -0.491 e. The molecule has 3 rings (SSSR count). The zero-order valence-corrected chi connectivity index (χ0v) is 22.0. The van der Waals surface area contributed by atoms with Crippen LogP contribution >= 0.6 is 0 Å². The molecule has 2 atom stereocenters. The van der Waals surface area contributed by atoms with Gasteiger partial charge in [-0.25, -0.2) is 8.78 Å². The Morgan fingerprint density at radius 2 is 1.55 bits per heavy atom. The third-order valence-corrected chi connectivity index (χ3v) is 6.64. The first-order valence-electron chi connectivity index (χ1n) is 12.8. The molecule has 3 aromatic carbocycles. The molecule has 40 heavy (non-hydrogen) atoms. The highest BCUT2D eigenvalue weighted by Crippen LogP contribution is 2.34. The number of benzene rings is 3. The number of Topliss-reactive ketones (excluding diaryl/α,β-unsaturated/α-hetero) is 1. The molecular weight excluding hydrogens is 533 g/mol. The van der Waals surface area contributed by atoms with Crippen molar-refractivity contribution in [2.24, 2.45) is 5.92 Å². The molecule has 0 saturated heterocycles. The number of carbonyl (C=O) groups excluding carboxylic acids is 1. The van der Waals surface area contributed by atoms with Crippen LogP contribution in [0.15, 0.2) is 60.7 Å². The maximum absolute atomic E-state index is 14.8. The van der Waals surface area contributed by atoms with Crippen molar-refractivity contribution in [1.29, 1.82) is 0 Å². The summed E-state index contributed by atoms with van der Waals surface area (Å²) >= 11 is 0. The Bertz CT molecular complexity index is 1320. The van der Waals surface area contributed by atoms with Gasteiger partial charge in [-0.1, -0.05) is 26.3 Å². The molecule has 0 heterocycles. The molecule has 0 fully saturated rings.